The number of thioether (sulfide) groups is 1. The summed E-state index contributed by atoms with van der Waals surface area (Å²) in [7, 11) is 0. The van der Waals surface area contributed by atoms with Gasteiger partial charge in [-0.15, -0.1) is 0 Å². The third kappa shape index (κ3) is 5.79. The standard InChI is InChI=1S/C26H20ClFN4O3S/c1-15-23(25(34)32-19-8-4-16(27)5-9-19)24(21-3-2-12-35-21)20(13-29)26(30-15)36-14-22(33)31-18-10-6-17(28)7-11-18/h2-12,24,30H,14H2,1H3,(H,31,33)(H,32,34). The highest BCUT2D eigenvalue weighted by molar-refractivity contribution is 8.03. The van der Waals surface area contributed by atoms with Gasteiger partial charge in [0.05, 0.1) is 40.2 Å². The molecule has 1 aromatic heterocycles. The van der Waals surface area contributed by atoms with Crippen LogP contribution in [0.3, 0.4) is 0 Å². The maximum atomic E-state index is 13.3. The molecule has 0 saturated carbocycles. The molecule has 7 nitrogen and oxygen atoms in total. The van der Waals surface area contributed by atoms with E-state index in [0.29, 0.717) is 38.5 Å². The molecule has 0 saturated heterocycles. The molecule has 1 unspecified atom stereocenters. The lowest BCUT2D eigenvalue weighted by atomic mass is 9.85. The summed E-state index contributed by atoms with van der Waals surface area (Å²) in [4.78, 5) is 25.8. The summed E-state index contributed by atoms with van der Waals surface area (Å²) in [6.45, 7) is 1.72. The van der Waals surface area contributed by atoms with Gasteiger partial charge in [0.15, 0.2) is 0 Å². The molecule has 2 aromatic carbocycles. The Morgan fingerprint density at radius 2 is 1.78 bits per heavy atom. The van der Waals surface area contributed by atoms with Gasteiger partial charge in [-0.05, 0) is 67.6 Å². The van der Waals surface area contributed by atoms with Crippen LogP contribution in [-0.2, 0) is 9.59 Å². The third-order valence-electron chi connectivity index (χ3n) is 5.30. The number of anilines is 2. The van der Waals surface area contributed by atoms with Crippen molar-refractivity contribution in [1.82, 2.24) is 5.32 Å². The number of nitrogens with zero attached hydrogens (tertiary/aromatic N) is 1. The van der Waals surface area contributed by atoms with Crippen molar-refractivity contribution in [3.05, 3.63) is 105 Å². The topological polar surface area (TPSA) is 107 Å². The zero-order valence-electron chi connectivity index (χ0n) is 19.0. The molecule has 1 aliphatic heterocycles. The second-order valence-electron chi connectivity index (χ2n) is 7.77. The quantitative estimate of drug-likeness (QED) is 0.363. The highest BCUT2D eigenvalue weighted by Gasteiger charge is 2.36. The number of allylic oxidation sites excluding steroid dienone is 2. The van der Waals surface area contributed by atoms with Crippen molar-refractivity contribution >= 4 is 46.6 Å². The summed E-state index contributed by atoms with van der Waals surface area (Å²) in [6, 6.07) is 17.7. The van der Waals surface area contributed by atoms with E-state index in [1.54, 1.807) is 43.3 Å². The van der Waals surface area contributed by atoms with Crippen LogP contribution in [-0.4, -0.2) is 17.6 Å². The first-order valence-electron chi connectivity index (χ1n) is 10.8. The zero-order valence-corrected chi connectivity index (χ0v) is 20.5. The van der Waals surface area contributed by atoms with E-state index >= 15 is 0 Å². The van der Waals surface area contributed by atoms with E-state index in [4.69, 9.17) is 16.0 Å². The third-order valence-corrected chi connectivity index (χ3v) is 6.57. The van der Waals surface area contributed by atoms with Gasteiger partial charge in [-0.1, -0.05) is 23.4 Å². The SMILES string of the molecule is CC1=C(C(=O)Nc2ccc(Cl)cc2)C(c2ccco2)C(C#N)=C(SCC(=O)Nc2ccc(F)cc2)N1. The minimum Gasteiger partial charge on any atom is -0.468 e. The van der Waals surface area contributed by atoms with Crippen molar-refractivity contribution in [2.45, 2.75) is 12.8 Å². The van der Waals surface area contributed by atoms with Gasteiger partial charge in [0, 0.05) is 22.1 Å². The molecule has 1 aliphatic rings. The Morgan fingerprint density at radius 3 is 2.42 bits per heavy atom. The second-order valence-corrected chi connectivity index (χ2v) is 9.19. The van der Waals surface area contributed by atoms with Crippen molar-refractivity contribution in [1.29, 1.82) is 5.26 Å². The maximum absolute atomic E-state index is 13.3. The molecule has 1 atom stereocenters. The Balaban J connectivity index is 1.57. The number of hydrogen-bond donors (Lipinski definition) is 3. The number of amides is 2. The molecule has 0 bridgehead atoms. The molecule has 0 fully saturated rings. The Bertz CT molecular complexity index is 1380. The Morgan fingerprint density at radius 1 is 1.11 bits per heavy atom. The molecular weight excluding hydrogens is 503 g/mol. The van der Waals surface area contributed by atoms with Crippen LogP contribution in [0, 0.1) is 17.1 Å². The maximum Gasteiger partial charge on any atom is 0.254 e. The number of halogens is 2. The van der Waals surface area contributed by atoms with Crippen LogP contribution in [0.2, 0.25) is 5.02 Å². The highest BCUT2D eigenvalue weighted by atomic mass is 35.5. The van der Waals surface area contributed by atoms with Gasteiger partial charge in [0.25, 0.3) is 5.91 Å². The minimum atomic E-state index is -0.777. The molecule has 0 spiro atoms. The summed E-state index contributed by atoms with van der Waals surface area (Å²) < 4.78 is 18.7. The molecule has 10 heteroatoms. The number of dihydropyridines is 1. The number of hydrogen-bond acceptors (Lipinski definition) is 6. The molecule has 3 aromatic rings. The summed E-state index contributed by atoms with van der Waals surface area (Å²) >= 11 is 7.06. The van der Waals surface area contributed by atoms with Crippen LogP contribution in [0.5, 0.6) is 0 Å². The van der Waals surface area contributed by atoms with Crippen molar-refractivity contribution in [3.63, 3.8) is 0 Å². The predicted molar refractivity (Wildman–Crippen MR) is 137 cm³/mol. The molecule has 3 N–H and O–H groups in total. The number of nitriles is 1. The van der Waals surface area contributed by atoms with Crippen LogP contribution in [0.1, 0.15) is 18.6 Å². The summed E-state index contributed by atoms with van der Waals surface area (Å²) in [5.41, 5.74) is 2.08. The number of rotatable bonds is 7. The fourth-order valence-electron chi connectivity index (χ4n) is 3.67. The van der Waals surface area contributed by atoms with Gasteiger partial charge in [-0.2, -0.15) is 5.26 Å². The first kappa shape index (κ1) is 25.1. The average molecular weight is 523 g/mol. The summed E-state index contributed by atoms with van der Waals surface area (Å²) in [6.07, 6.45) is 1.47. The molecule has 36 heavy (non-hydrogen) atoms. The molecule has 2 heterocycles. The number of carbonyl (C=O) groups excluding carboxylic acids is 2. The highest BCUT2D eigenvalue weighted by Crippen LogP contribution is 2.41. The first-order chi connectivity index (χ1) is 17.4. The number of nitrogens with one attached hydrogen (secondary N) is 3. The van der Waals surface area contributed by atoms with Crippen molar-refractivity contribution < 1.29 is 18.4 Å². The van der Waals surface area contributed by atoms with E-state index in [2.05, 4.69) is 22.0 Å². The minimum absolute atomic E-state index is 0.0185. The lowest BCUT2D eigenvalue weighted by Gasteiger charge is -2.28. The fraction of sp³-hybridized carbons (Fsp3) is 0.115. The van der Waals surface area contributed by atoms with Crippen molar-refractivity contribution in [2.24, 2.45) is 0 Å². The van der Waals surface area contributed by atoms with Crippen molar-refractivity contribution in [2.75, 3.05) is 16.4 Å². The molecule has 0 radical (unpaired) electrons. The molecule has 2 amide bonds. The lowest BCUT2D eigenvalue weighted by Crippen LogP contribution is -2.31. The van der Waals surface area contributed by atoms with E-state index in [1.165, 1.54) is 30.5 Å². The lowest BCUT2D eigenvalue weighted by molar-refractivity contribution is -0.114. The van der Waals surface area contributed by atoms with Gasteiger partial charge in [0.1, 0.15) is 11.6 Å². The van der Waals surface area contributed by atoms with Gasteiger partial charge in [-0.3, -0.25) is 9.59 Å². The summed E-state index contributed by atoms with van der Waals surface area (Å²) in [5.74, 6) is -1.52. The van der Waals surface area contributed by atoms with E-state index in [0.717, 1.165) is 11.8 Å². The van der Waals surface area contributed by atoms with Gasteiger partial charge in [0.2, 0.25) is 5.91 Å². The Labute approximate surface area is 216 Å². The largest absolute Gasteiger partial charge is 0.468 e. The van der Waals surface area contributed by atoms with Gasteiger partial charge < -0.3 is 20.4 Å². The fourth-order valence-corrected chi connectivity index (χ4v) is 4.69. The van der Waals surface area contributed by atoms with Gasteiger partial charge >= 0.3 is 0 Å². The van der Waals surface area contributed by atoms with Gasteiger partial charge in [-0.25, -0.2) is 4.39 Å². The second kappa shape index (κ2) is 11.2. The monoisotopic (exact) mass is 522 g/mol. The molecular formula is C26H20ClFN4O3S. The number of carbonyl (C=O) groups is 2. The molecule has 0 aliphatic carbocycles. The predicted octanol–water partition coefficient (Wildman–Crippen LogP) is 5.78. The molecule has 182 valence electrons. The van der Waals surface area contributed by atoms with Crippen LogP contribution in [0.25, 0.3) is 0 Å². The van der Waals surface area contributed by atoms with E-state index in [-0.39, 0.29) is 17.2 Å². The average Bonchev–Trinajstić information content (AvgIpc) is 3.39. The number of furan rings is 1. The van der Waals surface area contributed by atoms with E-state index in [1.807, 2.05) is 0 Å². The smallest absolute Gasteiger partial charge is 0.254 e. The van der Waals surface area contributed by atoms with E-state index in [9.17, 15) is 19.2 Å². The van der Waals surface area contributed by atoms with Crippen LogP contribution < -0.4 is 16.0 Å². The number of benzene rings is 2. The Hall–Kier alpha value is -4.00. The summed E-state index contributed by atoms with van der Waals surface area (Å²) in [5, 5.41) is 19.7. The molecule has 4 rings (SSSR count). The normalized spacial score (nSPS) is 15.2. The van der Waals surface area contributed by atoms with Crippen LogP contribution in [0.4, 0.5) is 15.8 Å². The first-order valence-corrected chi connectivity index (χ1v) is 12.1. The zero-order chi connectivity index (χ0) is 25.7. The van der Waals surface area contributed by atoms with Crippen LogP contribution in [0.15, 0.2) is 93.2 Å². The van der Waals surface area contributed by atoms with Crippen molar-refractivity contribution in [3.8, 4) is 6.07 Å². The van der Waals surface area contributed by atoms with Crippen LogP contribution >= 0.6 is 23.4 Å². The van der Waals surface area contributed by atoms with E-state index < -0.39 is 17.6 Å². The Kier molecular flexibility index (Phi) is 7.78.